The second-order valence-corrected chi connectivity index (χ2v) is 8.32. The van der Waals surface area contributed by atoms with Crippen LogP contribution >= 0.6 is 0 Å². The van der Waals surface area contributed by atoms with E-state index in [4.69, 9.17) is 24.4 Å². The van der Waals surface area contributed by atoms with Crippen molar-refractivity contribution >= 4 is 33.0 Å². The maximum absolute atomic E-state index is 6.37. The monoisotopic (exact) mass is 450 g/mol. The van der Waals surface area contributed by atoms with E-state index in [0.717, 1.165) is 44.1 Å². The van der Waals surface area contributed by atoms with Gasteiger partial charge in [-0.2, -0.15) is 0 Å². The molecule has 0 spiro atoms. The molecule has 7 aromatic rings. The standard InChI is InChI=1S/C30H18N4O/c1-3-11-19(12-4-1)28-32-29(20-13-5-2-6-14-20)34-30(33-28)25-21-15-7-9-17-23(21)31-26-22-16-8-10-18-24(22)35-27(25)26/h1-18H. The highest BCUT2D eigenvalue weighted by atomic mass is 16.3. The Labute approximate surface area is 200 Å². The van der Waals surface area contributed by atoms with Crippen molar-refractivity contribution in [3.8, 4) is 34.2 Å². The summed E-state index contributed by atoms with van der Waals surface area (Å²) in [5.41, 5.74) is 5.79. The molecule has 0 N–H and O–H groups in total. The van der Waals surface area contributed by atoms with E-state index in [-0.39, 0.29) is 0 Å². The molecule has 0 fully saturated rings. The number of para-hydroxylation sites is 2. The van der Waals surface area contributed by atoms with Gasteiger partial charge in [-0.25, -0.2) is 19.9 Å². The number of furan rings is 1. The van der Waals surface area contributed by atoms with Crippen LogP contribution in [0, 0.1) is 0 Å². The van der Waals surface area contributed by atoms with Gasteiger partial charge in [-0.3, -0.25) is 0 Å². The number of nitrogens with zero attached hydrogens (tertiary/aromatic N) is 4. The van der Waals surface area contributed by atoms with Crippen molar-refractivity contribution < 1.29 is 4.42 Å². The van der Waals surface area contributed by atoms with Crippen molar-refractivity contribution in [2.75, 3.05) is 0 Å². The predicted molar refractivity (Wildman–Crippen MR) is 139 cm³/mol. The van der Waals surface area contributed by atoms with Gasteiger partial charge in [-0.15, -0.1) is 0 Å². The minimum Gasteiger partial charge on any atom is -0.454 e. The summed E-state index contributed by atoms with van der Waals surface area (Å²) in [5, 5.41) is 1.90. The fourth-order valence-corrected chi connectivity index (χ4v) is 4.48. The summed E-state index contributed by atoms with van der Waals surface area (Å²) >= 11 is 0. The third-order valence-electron chi connectivity index (χ3n) is 6.12. The van der Waals surface area contributed by atoms with Crippen LogP contribution in [0.1, 0.15) is 0 Å². The van der Waals surface area contributed by atoms with Crippen molar-refractivity contribution in [1.29, 1.82) is 0 Å². The van der Waals surface area contributed by atoms with Crippen LogP contribution < -0.4 is 0 Å². The second-order valence-electron chi connectivity index (χ2n) is 8.32. The molecule has 0 saturated heterocycles. The Bertz CT molecular complexity index is 1790. The number of hydrogen-bond acceptors (Lipinski definition) is 5. The molecule has 3 aromatic heterocycles. The zero-order valence-corrected chi connectivity index (χ0v) is 18.6. The maximum atomic E-state index is 6.37. The summed E-state index contributed by atoms with van der Waals surface area (Å²) in [7, 11) is 0. The van der Waals surface area contributed by atoms with E-state index in [1.54, 1.807) is 0 Å². The highest BCUT2D eigenvalue weighted by Gasteiger charge is 2.21. The van der Waals surface area contributed by atoms with Crippen molar-refractivity contribution in [2.24, 2.45) is 0 Å². The molecule has 0 atom stereocenters. The number of rotatable bonds is 3. The molecule has 0 amide bonds. The summed E-state index contributed by atoms with van der Waals surface area (Å²) in [5.74, 6) is 1.78. The van der Waals surface area contributed by atoms with E-state index in [1.165, 1.54) is 0 Å². The maximum Gasteiger partial charge on any atom is 0.168 e. The lowest BCUT2D eigenvalue weighted by Crippen LogP contribution is -2.01. The lowest BCUT2D eigenvalue weighted by atomic mass is 10.1. The molecule has 4 aromatic carbocycles. The fraction of sp³-hybridized carbons (Fsp3) is 0. The molecule has 0 aliphatic heterocycles. The molecule has 5 nitrogen and oxygen atoms in total. The molecule has 5 heteroatoms. The number of aromatic nitrogens is 4. The third kappa shape index (κ3) is 3.25. The number of benzene rings is 4. The molecule has 0 aliphatic carbocycles. The zero-order chi connectivity index (χ0) is 23.2. The Morgan fingerprint density at radius 2 is 1.00 bits per heavy atom. The van der Waals surface area contributed by atoms with Crippen LogP contribution in [0.4, 0.5) is 0 Å². The van der Waals surface area contributed by atoms with Gasteiger partial charge in [0.2, 0.25) is 0 Å². The largest absolute Gasteiger partial charge is 0.454 e. The molecular formula is C30H18N4O. The third-order valence-corrected chi connectivity index (χ3v) is 6.12. The second kappa shape index (κ2) is 7.85. The molecule has 0 aliphatic rings. The summed E-state index contributed by atoms with van der Waals surface area (Å²) in [6.07, 6.45) is 0. The molecule has 0 unspecified atom stereocenters. The van der Waals surface area contributed by atoms with Gasteiger partial charge in [-0.1, -0.05) is 91.0 Å². The first-order chi connectivity index (χ1) is 17.3. The molecule has 35 heavy (non-hydrogen) atoms. The summed E-state index contributed by atoms with van der Waals surface area (Å²) in [4.78, 5) is 19.7. The smallest absolute Gasteiger partial charge is 0.168 e. The van der Waals surface area contributed by atoms with Gasteiger partial charge in [0.05, 0.1) is 11.1 Å². The Morgan fingerprint density at radius 3 is 1.69 bits per heavy atom. The lowest BCUT2D eigenvalue weighted by molar-refractivity contribution is 0.669. The van der Waals surface area contributed by atoms with Gasteiger partial charge in [0.1, 0.15) is 11.1 Å². The Morgan fingerprint density at radius 1 is 0.457 bits per heavy atom. The molecule has 164 valence electrons. The SMILES string of the molecule is c1ccc(-c2nc(-c3ccccc3)nc(-c3c4ccccc4nc4c3oc3ccccc34)n2)cc1. The minimum atomic E-state index is 0.556. The van der Waals surface area contributed by atoms with Crippen molar-refractivity contribution in [1.82, 2.24) is 19.9 Å². The van der Waals surface area contributed by atoms with Crippen molar-refractivity contribution in [3.63, 3.8) is 0 Å². The normalized spacial score (nSPS) is 11.4. The summed E-state index contributed by atoms with van der Waals surface area (Å²) in [6.45, 7) is 0. The van der Waals surface area contributed by atoms with Gasteiger partial charge < -0.3 is 4.42 Å². The quantitative estimate of drug-likeness (QED) is 0.282. The van der Waals surface area contributed by atoms with E-state index in [9.17, 15) is 0 Å². The van der Waals surface area contributed by atoms with Crippen molar-refractivity contribution in [3.05, 3.63) is 109 Å². The van der Waals surface area contributed by atoms with E-state index < -0.39 is 0 Å². The van der Waals surface area contributed by atoms with Crippen LogP contribution in [-0.2, 0) is 0 Å². The minimum absolute atomic E-state index is 0.556. The summed E-state index contributed by atoms with van der Waals surface area (Å²) in [6, 6.07) is 36.0. The van der Waals surface area contributed by atoms with Crippen LogP contribution in [-0.4, -0.2) is 19.9 Å². The molecule has 3 heterocycles. The highest BCUT2D eigenvalue weighted by molar-refractivity contribution is 6.14. The summed E-state index contributed by atoms with van der Waals surface area (Å²) < 4.78 is 6.37. The van der Waals surface area contributed by atoms with E-state index >= 15 is 0 Å². The number of hydrogen-bond donors (Lipinski definition) is 0. The van der Waals surface area contributed by atoms with Crippen LogP contribution in [0.15, 0.2) is 114 Å². The Balaban J connectivity index is 1.61. The molecule has 7 rings (SSSR count). The van der Waals surface area contributed by atoms with Crippen LogP contribution in [0.2, 0.25) is 0 Å². The molecule has 0 radical (unpaired) electrons. The fourth-order valence-electron chi connectivity index (χ4n) is 4.48. The first-order valence-electron chi connectivity index (χ1n) is 11.4. The van der Waals surface area contributed by atoms with E-state index in [1.807, 2.05) is 109 Å². The highest BCUT2D eigenvalue weighted by Crippen LogP contribution is 2.38. The van der Waals surface area contributed by atoms with Gasteiger partial charge in [-0.05, 0) is 18.2 Å². The Kier molecular flexibility index (Phi) is 4.39. The predicted octanol–water partition coefficient (Wildman–Crippen LogP) is 7.32. The van der Waals surface area contributed by atoms with Crippen LogP contribution in [0.25, 0.3) is 67.1 Å². The molecule has 0 saturated carbocycles. The topological polar surface area (TPSA) is 64.7 Å². The first-order valence-corrected chi connectivity index (χ1v) is 11.4. The van der Waals surface area contributed by atoms with Gasteiger partial charge in [0.15, 0.2) is 23.1 Å². The lowest BCUT2D eigenvalue weighted by Gasteiger charge is -2.10. The number of pyridine rings is 1. The van der Waals surface area contributed by atoms with Crippen LogP contribution in [0.5, 0.6) is 0 Å². The number of fused-ring (bicyclic) bond motifs is 4. The average Bonchev–Trinajstić information content (AvgIpc) is 3.30. The first kappa shape index (κ1) is 19.6. The Hall–Kier alpha value is -4.90. The van der Waals surface area contributed by atoms with Crippen LogP contribution in [0.3, 0.4) is 0 Å². The zero-order valence-electron chi connectivity index (χ0n) is 18.6. The average molecular weight is 451 g/mol. The van der Waals surface area contributed by atoms with Gasteiger partial charge >= 0.3 is 0 Å². The molecule has 0 bridgehead atoms. The van der Waals surface area contributed by atoms with Gasteiger partial charge in [0.25, 0.3) is 0 Å². The van der Waals surface area contributed by atoms with E-state index in [2.05, 4.69) is 0 Å². The van der Waals surface area contributed by atoms with E-state index in [0.29, 0.717) is 23.1 Å². The van der Waals surface area contributed by atoms with Crippen molar-refractivity contribution in [2.45, 2.75) is 0 Å². The molecular weight excluding hydrogens is 432 g/mol. The van der Waals surface area contributed by atoms with Gasteiger partial charge in [0, 0.05) is 21.9 Å².